The van der Waals surface area contributed by atoms with Crippen LogP contribution in [-0.2, 0) is 14.3 Å². The van der Waals surface area contributed by atoms with Crippen molar-refractivity contribution in [2.45, 2.75) is 65.4 Å². The van der Waals surface area contributed by atoms with E-state index in [2.05, 4.69) is 0 Å². The number of piperidine rings is 1. The summed E-state index contributed by atoms with van der Waals surface area (Å²) in [6.07, 6.45) is 8.82. The maximum absolute atomic E-state index is 12.2. The van der Waals surface area contributed by atoms with Crippen LogP contribution in [0.3, 0.4) is 0 Å². The van der Waals surface area contributed by atoms with Crippen molar-refractivity contribution in [3.63, 3.8) is 0 Å². The van der Waals surface area contributed by atoms with Crippen molar-refractivity contribution in [3.05, 3.63) is 12.2 Å². The van der Waals surface area contributed by atoms with Gasteiger partial charge >= 0.3 is 12.1 Å². The van der Waals surface area contributed by atoms with Gasteiger partial charge in [0, 0.05) is 19.2 Å². The van der Waals surface area contributed by atoms with Crippen LogP contribution in [0.2, 0.25) is 0 Å². The smallest absolute Gasteiger partial charge is 0.410 e. The van der Waals surface area contributed by atoms with Crippen molar-refractivity contribution >= 4 is 12.1 Å². The molecular weight excluding hydrogens is 306 g/mol. The van der Waals surface area contributed by atoms with E-state index >= 15 is 0 Å². The highest BCUT2D eigenvalue weighted by atomic mass is 16.6. The van der Waals surface area contributed by atoms with Gasteiger partial charge in [0.2, 0.25) is 0 Å². The van der Waals surface area contributed by atoms with Crippen LogP contribution in [0.15, 0.2) is 12.2 Å². The number of carbonyl (C=O) groups excluding carboxylic acids is 2. The topological polar surface area (TPSA) is 55.8 Å². The summed E-state index contributed by atoms with van der Waals surface area (Å²) in [6, 6.07) is 0. The third-order valence-electron chi connectivity index (χ3n) is 5.01. The van der Waals surface area contributed by atoms with E-state index in [-0.39, 0.29) is 12.1 Å². The van der Waals surface area contributed by atoms with Crippen LogP contribution in [0.4, 0.5) is 4.79 Å². The fourth-order valence-corrected chi connectivity index (χ4v) is 3.77. The monoisotopic (exact) mass is 337 g/mol. The number of nitrogens with zero attached hydrogens (tertiary/aromatic N) is 1. The van der Waals surface area contributed by atoms with Crippen LogP contribution >= 0.6 is 0 Å². The van der Waals surface area contributed by atoms with Gasteiger partial charge in [-0.15, -0.1) is 0 Å². The molecule has 1 spiro atoms. The fourth-order valence-electron chi connectivity index (χ4n) is 3.77. The molecule has 2 rings (SSSR count). The molecule has 0 radical (unpaired) electrons. The third-order valence-corrected chi connectivity index (χ3v) is 5.01. The van der Waals surface area contributed by atoms with Crippen LogP contribution in [0.25, 0.3) is 0 Å². The number of ether oxygens (including phenoxy) is 2. The predicted molar refractivity (Wildman–Crippen MR) is 92.6 cm³/mol. The highest BCUT2D eigenvalue weighted by molar-refractivity contribution is 5.81. The Morgan fingerprint density at radius 2 is 1.88 bits per heavy atom. The molecule has 1 amide bonds. The van der Waals surface area contributed by atoms with Gasteiger partial charge in [-0.1, -0.05) is 6.08 Å². The second-order valence-corrected chi connectivity index (χ2v) is 8.08. The second kappa shape index (κ2) is 7.58. The van der Waals surface area contributed by atoms with E-state index in [0.29, 0.717) is 17.9 Å². The van der Waals surface area contributed by atoms with Crippen molar-refractivity contribution in [1.82, 2.24) is 4.90 Å². The zero-order valence-corrected chi connectivity index (χ0v) is 15.5. The van der Waals surface area contributed by atoms with E-state index in [4.69, 9.17) is 9.47 Å². The minimum absolute atomic E-state index is 0.200. The Balaban J connectivity index is 1.82. The molecule has 1 aliphatic carbocycles. The molecule has 0 aromatic heterocycles. The number of carbonyl (C=O) groups is 2. The molecule has 2 aliphatic rings. The quantitative estimate of drug-likeness (QED) is 0.578. The van der Waals surface area contributed by atoms with Crippen LogP contribution < -0.4 is 0 Å². The Kier molecular flexibility index (Phi) is 5.94. The molecule has 1 heterocycles. The maximum atomic E-state index is 12.2. The van der Waals surface area contributed by atoms with E-state index in [9.17, 15) is 9.59 Å². The first kappa shape index (κ1) is 18.8. The summed E-state index contributed by atoms with van der Waals surface area (Å²) in [5.41, 5.74) is -0.120. The van der Waals surface area contributed by atoms with Crippen LogP contribution in [0.5, 0.6) is 0 Å². The van der Waals surface area contributed by atoms with Crippen LogP contribution in [0, 0.1) is 11.3 Å². The lowest BCUT2D eigenvalue weighted by Crippen LogP contribution is -2.44. The molecule has 0 unspecified atom stereocenters. The molecule has 5 nitrogen and oxygen atoms in total. The Morgan fingerprint density at radius 3 is 2.46 bits per heavy atom. The average molecular weight is 337 g/mol. The van der Waals surface area contributed by atoms with Crippen molar-refractivity contribution in [3.8, 4) is 0 Å². The molecule has 0 aromatic rings. The molecule has 0 N–H and O–H groups in total. The lowest BCUT2D eigenvalue weighted by atomic mass is 9.76. The van der Waals surface area contributed by atoms with Crippen LogP contribution in [-0.4, -0.2) is 42.3 Å². The molecule has 136 valence electrons. The van der Waals surface area contributed by atoms with E-state index < -0.39 is 5.60 Å². The first-order valence-electron chi connectivity index (χ1n) is 9.06. The number of rotatable bonds is 3. The van der Waals surface area contributed by atoms with Gasteiger partial charge in [-0.3, -0.25) is 0 Å². The van der Waals surface area contributed by atoms with Crippen LogP contribution in [0.1, 0.15) is 59.8 Å². The number of amides is 1. The Bertz CT molecular complexity index is 484. The molecular formula is C19H31NO4. The first-order valence-corrected chi connectivity index (χ1v) is 9.06. The molecule has 1 saturated carbocycles. The normalized spacial score (nSPS) is 23.7. The summed E-state index contributed by atoms with van der Waals surface area (Å²) < 4.78 is 10.4. The van der Waals surface area contributed by atoms with Crippen molar-refractivity contribution in [2.75, 3.05) is 19.7 Å². The summed E-state index contributed by atoms with van der Waals surface area (Å²) >= 11 is 0. The number of hydrogen-bond donors (Lipinski definition) is 0. The average Bonchev–Trinajstić information content (AvgIpc) is 2.87. The van der Waals surface area contributed by atoms with Crippen molar-refractivity contribution < 1.29 is 19.1 Å². The molecule has 0 bridgehead atoms. The van der Waals surface area contributed by atoms with Gasteiger partial charge in [-0.25, -0.2) is 9.59 Å². The maximum Gasteiger partial charge on any atom is 0.410 e. The van der Waals surface area contributed by atoms with Gasteiger partial charge in [0.25, 0.3) is 0 Å². The zero-order chi connectivity index (χ0) is 17.8. The van der Waals surface area contributed by atoms with Gasteiger partial charge in [0.1, 0.15) is 5.60 Å². The van der Waals surface area contributed by atoms with E-state index in [1.165, 1.54) is 6.42 Å². The highest BCUT2D eigenvalue weighted by Gasteiger charge is 2.41. The summed E-state index contributed by atoms with van der Waals surface area (Å²) in [5.74, 6) is 0.195. The fraction of sp³-hybridized carbons (Fsp3) is 0.789. The SMILES string of the molecule is CCOC(=O)/C=C\[C@H]1CCC2(CCN(C(=O)OC(C)(C)C)CC2)C1. The van der Waals surface area contributed by atoms with Gasteiger partial charge in [-0.05, 0) is 71.1 Å². The van der Waals surface area contributed by atoms with Crippen molar-refractivity contribution in [1.29, 1.82) is 0 Å². The van der Waals surface area contributed by atoms with Gasteiger partial charge in [-0.2, -0.15) is 0 Å². The van der Waals surface area contributed by atoms with E-state index in [1.807, 2.05) is 38.7 Å². The summed E-state index contributed by atoms with van der Waals surface area (Å²) in [7, 11) is 0. The summed E-state index contributed by atoms with van der Waals surface area (Å²) in [5, 5.41) is 0. The minimum Gasteiger partial charge on any atom is -0.463 e. The number of allylic oxidation sites excluding steroid dienone is 1. The third kappa shape index (κ3) is 5.25. The summed E-state index contributed by atoms with van der Waals surface area (Å²) in [4.78, 5) is 25.4. The Labute approximate surface area is 145 Å². The molecule has 2 fully saturated rings. The largest absolute Gasteiger partial charge is 0.463 e. The van der Waals surface area contributed by atoms with E-state index in [1.54, 1.807) is 6.08 Å². The number of likely N-dealkylation sites (tertiary alicyclic amines) is 1. The van der Waals surface area contributed by atoms with Gasteiger partial charge in [0.05, 0.1) is 6.61 Å². The van der Waals surface area contributed by atoms with Crippen molar-refractivity contribution in [2.24, 2.45) is 11.3 Å². The zero-order valence-electron chi connectivity index (χ0n) is 15.5. The molecule has 24 heavy (non-hydrogen) atoms. The first-order chi connectivity index (χ1) is 11.2. The highest BCUT2D eigenvalue weighted by Crippen LogP contribution is 2.49. The summed E-state index contributed by atoms with van der Waals surface area (Å²) in [6.45, 7) is 9.45. The van der Waals surface area contributed by atoms with E-state index in [0.717, 1.165) is 38.8 Å². The molecule has 1 aliphatic heterocycles. The molecule has 1 atom stereocenters. The number of esters is 1. The lowest BCUT2D eigenvalue weighted by molar-refractivity contribution is -0.137. The Hall–Kier alpha value is -1.52. The number of hydrogen-bond acceptors (Lipinski definition) is 4. The Morgan fingerprint density at radius 1 is 1.21 bits per heavy atom. The minimum atomic E-state index is -0.442. The molecule has 5 heteroatoms. The van der Waals surface area contributed by atoms with Gasteiger partial charge < -0.3 is 14.4 Å². The molecule has 1 saturated heterocycles. The lowest BCUT2D eigenvalue weighted by Gasteiger charge is -2.39. The standard InChI is InChI=1S/C19H31NO4/c1-5-23-16(21)7-6-15-8-9-19(14-15)10-12-20(13-11-19)17(22)24-18(2,3)4/h6-7,15H,5,8-14H2,1-4H3/b7-6-/t15-/m0/s1. The molecule has 0 aromatic carbocycles. The second-order valence-electron chi connectivity index (χ2n) is 8.08. The van der Waals surface area contributed by atoms with Gasteiger partial charge in [0.15, 0.2) is 0 Å². The predicted octanol–water partition coefficient (Wildman–Crippen LogP) is 3.92.